The van der Waals surface area contributed by atoms with Crippen LogP contribution in [-0.2, 0) is 16.0 Å². The molecule has 4 nitrogen and oxygen atoms in total. The zero-order valence-corrected chi connectivity index (χ0v) is 12.7. The molecule has 1 atom stereocenters. The third-order valence-electron chi connectivity index (χ3n) is 4.30. The van der Waals surface area contributed by atoms with E-state index in [-0.39, 0.29) is 29.6 Å². The van der Waals surface area contributed by atoms with E-state index in [0.29, 0.717) is 32.1 Å². The standard InChI is InChI=1S/C17H22FNO3/c1-11(9-12-3-2-4-14(18)10-12)16(20)19-15-7-5-13(6-8-15)17(21)22/h2-4,10-11,13,15H,5-9H2,1H3,(H,19,20)(H,21,22). The van der Waals surface area contributed by atoms with Gasteiger partial charge in [-0.3, -0.25) is 9.59 Å². The lowest BCUT2D eigenvalue weighted by Crippen LogP contribution is -2.41. The van der Waals surface area contributed by atoms with Crippen LogP contribution in [0.2, 0.25) is 0 Å². The van der Waals surface area contributed by atoms with E-state index in [4.69, 9.17) is 5.11 Å². The summed E-state index contributed by atoms with van der Waals surface area (Å²) in [4.78, 5) is 23.1. The molecule has 0 radical (unpaired) electrons. The first-order valence-corrected chi connectivity index (χ1v) is 7.73. The molecule has 1 amide bonds. The summed E-state index contributed by atoms with van der Waals surface area (Å²) in [7, 11) is 0. The highest BCUT2D eigenvalue weighted by molar-refractivity contribution is 5.79. The van der Waals surface area contributed by atoms with Crippen molar-refractivity contribution in [1.29, 1.82) is 0 Å². The number of amides is 1. The quantitative estimate of drug-likeness (QED) is 0.879. The van der Waals surface area contributed by atoms with Gasteiger partial charge in [0.1, 0.15) is 5.82 Å². The van der Waals surface area contributed by atoms with Crippen LogP contribution in [-0.4, -0.2) is 23.0 Å². The zero-order valence-electron chi connectivity index (χ0n) is 12.7. The molecule has 0 aliphatic heterocycles. The first-order valence-electron chi connectivity index (χ1n) is 7.73. The molecule has 1 saturated carbocycles. The van der Waals surface area contributed by atoms with E-state index in [1.165, 1.54) is 12.1 Å². The van der Waals surface area contributed by atoms with E-state index in [2.05, 4.69) is 5.32 Å². The predicted octanol–water partition coefficient (Wildman–Crippen LogP) is 2.76. The van der Waals surface area contributed by atoms with Gasteiger partial charge in [0.2, 0.25) is 5.91 Å². The summed E-state index contributed by atoms with van der Waals surface area (Å²) in [5.41, 5.74) is 0.803. The van der Waals surface area contributed by atoms with E-state index < -0.39 is 5.97 Å². The van der Waals surface area contributed by atoms with E-state index in [0.717, 1.165) is 5.56 Å². The van der Waals surface area contributed by atoms with Crippen molar-refractivity contribution in [3.63, 3.8) is 0 Å². The Hall–Kier alpha value is -1.91. The fourth-order valence-corrected chi connectivity index (χ4v) is 2.94. The summed E-state index contributed by atoms with van der Waals surface area (Å²) >= 11 is 0. The topological polar surface area (TPSA) is 66.4 Å². The summed E-state index contributed by atoms with van der Waals surface area (Å²) in [5, 5.41) is 12.0. The highest BCUT2D eigenvalue weighted by Crippen LogP contribution is 2.24. The van der Waals surface area contributed by atoms with Gasteiger partial charge < -0.3 is 10.4 Å². The summed E-state index contributed by atoms with van der Waals surface area (Å²) in [6.07, 6.45) is 3.12. The average molecular weight is 307 g/mol. The minimum absolute atomic E-state index is 0.0527. The van der Waals surface area contributed by atoms with E-state index >= 15 is 0 Å². The molecule has 120 valence electrons. The monoisotopic (exact) mass is 307 g/mol. The molecule has 5 heteroatoms. The van der Waals surface area contributed by atoms with Crippen molar-refractivity contribution in [2.45, 2.75) is 45.1 Å². The number of hydrogen-bond donors (Lipinski definition) is 2. The van der Waals surface area contributed by atoms with Gasteiger partial charge in [-0.2, -0.15) is 0 Å². The number of hydrogen-bond acceptors (Lipinski definition) is 2. The average Bonchev–Trinajstić information content (AvgIpc) is 2.47. The van der Waals surface area contributed by atoms with Crippen LogP contribution < -0.4 is 5.32 Å². The van der Waals surface area contributed by atoms with Gasteiger partial charge in [-0.05, 0) is 49.8 Å². The summed E-state index contributed by atoms with van der Waals surface area (Å²) in [6, 6.07) is 6.34. The van der Waals surface area contributed by atoms with Gasteiger partial charge in [0, 0.05) is 12.0 Å². The molecule has 1 aromatic rings. The predicted molar refractivity (Wildman–Crippen MR) is 80.8 cm³/mol. The lowest BCUT2D eigenvalue weighted by Gasteiger charge is -2.27. The van der Waals surface area contributed by atoms with Gasteiger partial charge in [0.25, 0.3) is 0 Å². The van der Waals surface area contributed by atoms with Crippen molar-refractivity contribution in [3.8, 4) is 0 Å². The number of halogens is 1. The van der Waals surface area contributed by atoms with Crippen LogP contribution in [0.4, 0.5) is 4.39 Å². The Balaban J connectivity index is 1.81. The molecular weight excluding hydrogens is 285 g/mol. The first-order chi connectivity index (χ1) is 10.5. The normalized spacial score (nSPS) is 22.8. The van der Waals surface area contributed by atoms with Crippen molar-refractivity contribution in [2.75, 3.05) is 0 Å². The maximum Gasteiger partial charge on any atom is 0.306 e. The Kier molecular flexibility index (Phi) is 5.52. The van der Waals surface area contributed by atoms with Crippen LogP contribution in [0.15, 0.2) is 24.3 Å². The van der Waals surface area contributed by atoms with Gasteiger partial charge in [-0.15, -0.1) is 0 Å². The van der Waals surface area contributed by atoms with Crippen LogP contribution in [0, 0.1) is 17.7 Å². The molecule has 0 heterocycles. The molecular formula is C17H22FNO3. The number of nitrogens with one attached hydrogen (secondary N) is 1. The van der Waals surface area contributed by atoms with Crippen LogP contribution in [0.1, 0.15) is 38.2 Å². The van der Waals surface area contributed by atoms with E-state index in [9.17, 15) is 14.0 Å². The van der Waals surface area contributed by atoms with Crippen LogP contribution in [0.25, 0.3) is 0 Å². The van der Waals surface area contributed by atoms with Crippen LogP contribution >= 0.6 is 0 Å². The van der Waals surface area contributed by atoms with Gasteiger partial charge in [0.15, 0.2) is 0 Å². The Morgan fingerprint density at radius 3 is 2.59 bits per heavy atom. The number of benzene rings is 1. The van der Waals surface area contributed by atoms with Crippen molar-refractivity contribution in [1.82, 2.24) is 5.32 Å². The molecule has 2 rings (SSSR count). The zero-order chi connectivity index (χ0) is 16.1. The molecule has 2 N–H and O–H groups in total. The number of aliphatic carboxylic acids is 1. The minimum Gasteiger partial charge on any atom is -0.481 e. The second-order valence-corrected chi connectivity index (χ2v) is 6.13. The molecule has 22 heavy (non-hydrogen) atoms. The summed E-state index contributed by atoms with van der Waals surface area (Å²) < 4.78 is 13.1. The highest BCUT2D eigenvalue weighted by atomic mass is 19.1. The number of carbonyl (C=O) groups is 2. The van der Waals surface area contributed by atoms with Crippen molar-refractivity contribution in [2.24, 2.45) is 11.8 Å². The number of carboxylic acid groups (broad SMARTS) is 1. The second-order valence-electron chi connectivity index (χ2n) is 6.13. The SMILES string of the molecule is CC(Cc1cccc(F)c1)C(=O)NC1CCC(C(=O)O)CC1. The van der Waals surface area contributed by atoms with Crippen molar-refractivity contribution < 1.29 is 19.1 Å². The number of carboxylic acids is 1. The largest absolute Gasteiger partial charge is 0.481 e. The molecule has 1 aromatic carbocycles. The lowest BCUT2D eigenvalue weighted by molar-refractivity contribution is -0.142. The Morgan fingerprint density at radius 1 is 1.32 bits per heavy atom. The number of rotatable bonds is 5. The lowest BCUT2D eigenvalue weighted by atomic mass is 9.86. The van der Waals surface area contributed by atoms with Gasteiger partial charge in [-0.1, -0.05) is 19.1 Å². The highest BCUT2D eigenvalue weighted by Gasteiger charge is 2.27. The van der Waals surface area contributed by atoms with Crippen LogP contribution in [0.5, 0.6) is 0 Å². The van der Waals surface area contributed by atoms with Crippen molar-refractivity contribution >= 4 is 11.9 Å². The minimum atomic E-state index is -0.746. The number of carbonyl (C=O) groups excluding carboxylic acids is 1. The van der Waals surface area contributed by atoms with Crippen molar-refractivity contribution in [3.05, 3.63) is 35.6 Å². The molecule has 0 bridgehead atoms. The second kappa shape index (κ2) is 7.38. The molecule has 0 aromatic heterocycles. The third kappa shape index (κ3) is 4.55. The smallest absolute Gasteiger partial charge is 0.306 e. The maximum atomic E-state index is 13.1. The van der Waals surface area contributed by atoms with Gasteiger partial charge >= 0.3 is 5.97 Å². The van der Waals surface area contributed by atoms with Crippen LogP contribution in [0.3, 0.4) is 0 Å². The Morgan fingerprint density at radius 2 is 2.00 bits per heavy atom. The summed E-state index contributed by atoms with van der Waals surface area (Å²) in [6.45, 7) is 1.82. The van der Waals surface area contributed by atoms with E-state index in [1.807, 2.05) is 13.0 Å². The molecule has 0 spiro atoms. The Labute approximate surface area is 129 Å². The van der Waals surface area contributed by atoms with Gasteiger partial charge in [0.05, 0.1) is 5.92 Å². The van der Waals surface area contributed by atoms with E-state index in [1.54, 1.807) is 6.07 Å². The molecule has 1 fully saturated rings. The fourth-order valence-electron chi connectivity index (χ4n) is 2.94. The molecule has 1 unspecified atom stereocenters. The first kappa shape index (κ1) is 16.5. The maximum absolute atomic E-state index is 13.1. The third-order valence-corrected chi connectivity index (χ3v) is 4.30. The molecule has 1 aliphatic carbocycles. The summed E-state index contributed by atoms with van der Waals surface area (Å²) in [5.74, 6) is -1.61. The molecule has 0 saturated heterocycles. The molecule has 1 aliphatic rings. The Bertz CT molecular complexity index is 538. The fraction of sp³-hybridized carbons (Fsp3) is 0.529. The van der Waals surface area contributed by atoms with Gasteiger partial charge in [-0.25, -0.2) is 4.39 Å².